The van der Waals surface area contributed by atoms with E-state index in [0.717, 1.165) is 31.1 Å². The summed E-state index contributed by atoms with van der Waals surface area (Å²) in [5, 5.41) is 9.53. The van der Waals surface area contributed by atoms with Gasteiger partial charge in [0.1, 0.15) is 0 Å². The molecule has 2 bridgehead atoms. The van der Waals surface area contributed by atoms with Crippen LogP contribution in [-0.2, 0) is 9.47 Å². The van der Waals surface area contributed by atoms with Gasteiger partial charge in [-0.1, -0.05) is 26.2 Å². The van der Waals surface area contributed by atoms with Gasteiger partial charge in [-0.25, -0.2) is 0 Å². The smallest absolute Gasteiger partial charge is 0.269 e. The molecule has 3 heteroatoms. The monoisotopic (exact) mass is 228 g/mol. The molecule has 1 N–H and O–H groups in total. The summed E-state index contributed by atoms with van der Waals surface area (Å²) < 4.78 is 10.6. The standard InChI is InChI=1S/C13H24O3/c1-3-10-7-11-5-4-6-13(8-10,9-11)16-12(14)15-2/h10-12,14H,3-9H2,1-2H3. The number of hydrogen-bond donors (Lipinski definition) is 1. The molecule has 3 nitrogen and oxygen atoms in total. The van der Waals surface area contributed by atoms with E-state index in [1.807, 2.05) is 0 Å². The Labute approximate surface area is 98.1 Å². The number of hydrogen-bond acceptors (Lipinski definition) is 3. The first-order valence-corrected chi connectivity index (χ1v) is 6.56. The molecule has 0 aromatic heterocycles. The molecule has 4 atom stereocenters. The Bertz CT molecular complexity index is 227. The molecule has 0 aromatic carbocycles. The minimum atomic E-state index is -1.05. The van der Waals surface area contributed by atoms with E-state index in [1.54, 1.807) is 0 Å². The van der Waals surface area contributed by atoms with Crippen molar-refractivity contribution in [2.75, 3.05) is 7.11 Å². The molecule has 0 saturated heterocycles. The number of aliphatic hydroxyl groups excluding tert-OH is 1. The van der Waals surface area contributed by atoms with Crippen LogP contribution in [0.25, 0.3) is 0 Å². The van der Waals surface area contributed by atoms with Crippen molar-refractivity contribution in [3.63, 3.8) is 0 Å². The van der Waals surface area contributed by atoms with E-state index in [2.05, 4.69) is 6.92 Å². The highest BCUT2D eigenvalue weighted by molar-refractivity contribution is 4.95. The first kappa shape index (κ1) is 12.3. The van der Waals surface area contributed by atoms with Crippen molar-refractivity contribution in [3.05, 3.63) is 0 Å². The maximum Gasteiger partial charge on any atom is 0.269 e. The van der Waals surface area contributed by atoms with E-state index in [1.165, 1.54) is 32.8 Å². The van der Waals surface area contributed by atoms with Crippen molar-refractivity contribution in [3.8, 4) is 0 Å². The third kappa shape index (κ3) is 2.58. The normalized spacial score (nSPS) is 40.7. The molecule has 0 aromatic rings. The summed E-state index contributed by atoms with van der Waals surface area (Å²) in [6, 6.07) is 0. The molecule has 0 heterocycles. The number of methoxy groups -OCH3 is 1. The largest absolute Gasteiger partial charge is 0.346 e. The summed E-state index contributed by atoms with van der Waals surface area (Å²) in [4.78, 5) is 0. The van der Waals surface area contributed by atoms with E-state index in [9.17, 15) is 5.11 Å². The van der Waals surface area contributed by atoms with Crippen LogP contribution in [-0.4, -0.2) is 24.3 Å². The fourth-order valence-electron chi connectivity index (χ4n) is 3.64. The van der Waals surface area contributed by atoms with E-state index in [4.69, 9.17) is 9.47 Å². The number of ether oxygens (including phenoxy) is 2. The van der Waals surface area contributed by atoms with Crippen molar-refractivity contribution >= 4 is 0 Å². The minimum absolute atomic E-state index is 0.0999. The highest BCUT2D eigenvalue weighted by Crippen LogP contribution is 2.48. The van der Waals surface area contributed by atoms with Gasteiger partial charge in [-0.05, 0) is 37.5 Å². The summed E-state index contributed by atoms with van der Waals surface area (Å²) in [7, 11) is 1.49. The van der Waals surface area contributed by atoms with Gasteiger partial charge in [-0.15, -0.1) is 0 Å². The molecule has 0 aliphatic heterocycles. The molecule has 2 aliphatic rings. The van der Waals surface area contributed by atoms with E-state index in [-0.39, 0.29) is 5.60 Å². The van der Waals surface area contributed by atoms with Gasteiger partial charge in [0.05, 0.1) is 5.60 Å². The Kier molecular flexibility index (Phi) is 3.88. The zero-order chi connectivity index (χ0) is 11.6. The second-order valence-corrected chi connectivity index (χ2v) is 5.52. The number of rotatable bonds is 4. The lowest BCUT2D eigenvalue weighted by atomic mass is 9.64. The van der Waals surface area contributed by atoms with E-state index >= 15 is 0 Å². The highest BCUT2D eigenvalue weighted by atomic mass is 16.8. The van der Waals surface area contributed by atoms with Gasteiger partial charge >= 0.3 is 0 Å². The van der Waals surface area contributed by atoms with Crippen LogP contribution in [0.15, 0.2) is 0 Å². The molecule has 0 radical (unpaired) electrons. The van der Waals surface area contributed by atoms with Crippen LogP contribution in [0.5, 0.6) is 0 Å². The van der Waals surface area contributed by atoms with Gasteiger partial charge in [0, 0.05) is 7.11 Å². The highest BCUT2D eigenvalue weighted by Gasteiger charge is 2.44. The van der Waals surface area contributed by atoms with Crippen LogP contribution >= 0.6 is 0 Å². The van der Waals surface area contributed by atoms with Gasteiger partial charge in [0.25, 0.3) is 6.48 Å². The van der Waals surface area contributed by atoms with Gasteiger partial charge in [0.2, 0.25) is 0 Å². The summed E-state index contributed by atoms with van der Waals surface area (Å²) >= 11 is 0. The first-order valence-electron chi connectivity index (χ1n) is 6.56. The van der Waals surface area contributed by atoms with Gasteiger partial charge in [-0.2, -0.15) is 0 Å². The van der Waals surface area contributed by atoms with Gasteiger partial charge < -0.3 is 14.6 Å². The Hall–Kier alpha value is -0.120. The second-order valence-electron chi connectivity index (χ2n) is 5.52. The number of aliphatic hydroxyl groups is 1. The Morgan fingerprint density at radius 1 is 1.44 bits per heavy atom. The van der Waals surface area contributed by atoms with Crippen molar-refractivity contribution in [1.29, 1.82) is 0 Å². The molecule has 0 spiro atoms. The maximum absolute atomic E-state index is 9.53. The topological polar surface area (TPSA) is 38.7 Å². The molecule has 4 unspecified atom stereocenters. The summed E-state index contributed by atoms with van der Waals surface area (Å²) in [6.07, 6.45) is 8.45. The first-order chi connectivity index (χ1) is 7.67. The predicted molar refractivity (Wildman–Crippen MR) is 61.8 cm³/mol. The fraction of sp³-hybridized carbons (Fsp3) is 1.00. The maximum atomic E-state index is 9.53. The van der Waals surface area contributed by atoms with Crippen LogP contribution < -0.4 is 0 Å². The van der Waals surface area contributed by atoms with Gasteiger partial charge in [0.15, 0.2) is 0 Å². The van der Waals surface area contributed by atoms with Gasteiger partial charge in [-0.3, -0.25) is 0 Å². The molecule has 2 rings (SSSR count). The van der Waals surface area contributed by atoms with E-state index < -0.39 is 6.48 Å². The van der Waals surface area contributed by atoms with Crippen LogP contribution in [0.4, 0.5) is 0 Å². The summed E-state index contributed by atoms with van der Waals surface area (Å²) in [5.74, 6) is 1.57. The fourth-order valence-corrected chi connectivity index (χ4v) is 3.64. The van der Waals surface area contributed by atoms with Crippen molar-refractivity contribution < 1.29 is 14.6 Å². The zero-order valence-electron chi connectivity index (χ0n) is 10.4. The average Bonchev–Trinajstić information content (AvgIpc) is 2.27. The molecule has 16 heavy (non-hydrogen) atoms. The third-order valence-electron chi connectivity index (χ3n) is 4.36. The third-order valence-corrected chi connectivity index (χ3v) is 4.36. The predicted octanol–water partition coefficient (Wildman–Crippen LogP) is 2.67. The van der Waals surface area contributed by atoms with Crippen LogP contribution in [0.3, 0.4) is 0 Å². The van der Waals surface area contributed by atoms with E-state index in [0.29, 0.717) is 0 Å². The molecular formula is C13H24O3. The average molecular weight is 228 g/mol. The number of fused-ring (bicyclic) bond motifs is 2. The van der Waals surface area contributed by atoms with Crippen LogP contribution in [0, 0.1) is 11.8 Å². The van der Waals surface area contributed by atoms with Crippen molar-refractivity contribution in [2.24, 2.45) is 11.8 Å². The summed E-state index contributed by atoms with van der Waals surface area (Å²) in [5.41, 5.74) is -0.0999. The molecule has 0 amide bonds. The summed E-state index contributed by atoms with van der Waals surface area (Å²) in [6.45, 7) is 1.21. The SMILES string of the molecule is CCC1CC2CCCC(OC(O)OC)(C1)C2. The molecular weight excluding hydrogens is 204 g/mol. The quantitative estimate of drug-likeness (QED) is 0.752. The molecule has 2 fully saturated rings. The zero-order valence-corrected chi connectivity index (χ0v) is 10.4. The lowest BCUT2D eigenvalue weighted by Gasteiger charge is -2.48. The van der Waals surface area contributed by atoms with Crippen molar-refractivity contribution in [2.45, 2.75) is 63.9 Å². The van der Waals surface area contributed by atoms with Crippen LogP contribution in [0.2, 0.25) is 0 Å². The Balaban J connectivity index is 2.04. The molecule has 94 valence electrons. The second kappa shape index (κ2) is 5.03. The lowest BCUT2D eigenvalue weighted by Crippen LogP contribution is -2.47. The van der Waals surface area contributed by atoms with Crippen LogP contribution in [0.1, 0.15) is 51.9 Å². The molecule has 2 aliphatic carbocycles. The molecule has 2 saturated carbocycles. The Morgan fingerprint density at radius 3 is 2.94 bits per heavy atom. The lowest BCUT2D eigenvalue weighted by molar-refractivity contribution is -0.314. The Morgan fingerprint density at radius 2 is 2.25 bits per heavy atom. The minimum Gasteiger partial charge on any atom is -0.346 e. The van der Waals surface area contributed by atoms with Crippen molar-refractivity contribution in [1.82, 2.24) is 0 Å².